The van der Waals surface area contributed by atoms with Crippen LogP contribution in [0.15, 0.2) is 12.4 Å². The number of carbonyl (C=O) groups is 1. The maximum absolute atomic E-state index is 12.1. The molecule has 4 heteroatoms. The summed E-state index contributed by atoms with van der Waals surface area (Å²) in [5.41, 5.74) is -0.115. The number of methoxy groups -OCH3 is 1. The van der Waals surface area contributed by atoms with Crippen molar-refractivity contribution in [2.75, 3.05) is 7.11 Å². The number of nitrogens with zero attached hydrogens (tertiary/aromatic N) is 2. The molecule has 0 aromatic carbocycles. The van der Waals surface area contributed by atoms with Gasteiger partial charge in [0.15, 0.2) is 11.5 Å². The number of Topliss-reactive ketones (excluding diaryl/α,β-unsaturated/α-hetero) is 1. The Labute approximate surface area is 89.7 Å². The summed E-state index contributed by atoms with van der Waals surface area (Å²) in [7, 11) is 1.49. The largest absolute Gasteiger partial charge is 0.479 e. The van der Waals surface area contributed by atoms with Crippen molar-refractivity contribution < 1.29 is 9.53 Å². The fourth-order valence-electron chi connectivity index (χ4n) is 1.11. The molecule has 0 fully saturated rings. The van der Waals surface area contributed by atoms with Crippen LogP contribution in [-0.4, -0.2) is 22.9 Å². The van der Waals surface area contributed by atoms with Crippen LogP contribution in [0.2, 0.25) is 0 Å². The number of hydrogen-bond acceptors (Lipinski definition) is 4. The molecule has 0 spiro atoms. The third kappa shape index (κ3) is 2.32. The fourth-order valence-corrected chi connectivity index (χ4v) is 1.11. The maximum Gasteiger partial charge on any atom is 0.243 e. The Morgan fingerprint density at radius 1 is 1.40 bits per heavy atom. The molecule has 0 aliphatic rings. The van der Waals surface area contributed by atoms with Crippen molar-refractivity contribution in [3.05, 3.63) is 18.1 Å². The smallest absolute Gasteiger partial charge is 0.243 e. The van der Waals surface area contributed by atoms with Crippen LogP contribution >= 0.6 is 0 Å². The number of rotatable bonds is 4. The van der Waals surface area contributed by atoms with Crippen molar-refractivity contribution in [1.82, 2.24) is 9.97 Å². The van der Waals surface area contributed by atoms with E-state index in [1.165, 1.54) is 19.5 Å². The molecule has 0 atom stereocenters. The first-order valence-electron chi connectivity index (χ1n) is 4.92. The van der Waals surface area contributed by atoms with Gasteiger partial charge in [0.05, 0.1) is 7.11 Å². The van der Waals surface area contributed by atoms with Gasteiger partial charge in [0, 0.05) is 17.8 Å². The Morgan fingerprint density at radius 2 is 2.00 bits per heavy atom. The van der Waals surface area contributed by atoms with Crippen molar-refractivity contribution >= 4 is 5.78 Å². The minimum atomic E-state index is -0.427. The van der Waals surface area contributed by atoms with Crippen molar-refractivity contribution in [2.45, 2.75) is 27.2 Å². The van der Waals surface area contributed by atoms with Crippen molar-refractivity contribution in [3.63, 3.8) is 0 Å². The van der Waals surface area contributed by atoms with Gasteiger partial charge >= 0.3 is 0 Å². The molecule has 0 aliphatic carbocycles. The molecule has 0 bridgehead atoms. The lowest BCUT2D eigenvalue weighted by atomic mass is 9.84. The molecular formula is C11H16N2O2. The average molecular weight is 208 g/mol. The number of hydrogen-bond donors (Lipinski definition) is 0. The molecule has 0 aliphatic heterocycles. The molecule has 82 valence electrons. The van der Waals surface area contributed by atoms with Gasteiger partial charge in [-0.15, -0.1) is 0 Å². The molecular weight excluding hydrogens is 192 g/mol. The number of aromatic nitrogens is 2. The monoisotopic (exact) mass is 208 g/mol. The van der Waals surface area contributed by atoms with E-state index < -0.39 is 5.41 Å². The summed E-state index contributed by atoms with van der Waals surface area (Å²) >= 11 is 0. The summed E-state index contributed by atoms with van der Waals surface area (Å²) in [5, 5.41) is 0. The van der Waals surface area contributed by atoms with Gasteiger partial charge in [0.1, 0.15) is 0 Å². The van der Waals surface area contributed by atoms with Gasteiger partial charge in [0.25, 0.3) is 0 Å². The van der Waals surface area contributed by atoms with Crippen LogP contribution in [-0.2, 0) is 0 Å². The lowest BCUT2D eigenvalue weighted by molar-refractivity contribution is 0.0823. The van der Waals surface area contributed by atoms with E-state index in [2.05, 4.69) is 9.97 Å². The molecule has 0 N–H and O–H groups in total. The summed E-state index contributed by atoms with van der Waals surface area (Å²) in [6, 6.07) is 0. The molecule has 0 saturated heterocycles. The van der Waals surface area contributed by atoms with Gasteiger partial charge in [-0.3, -0.25) is 4.79 Å². The first kappa shape index (κ1) is 11.6. The molecule has 4 nitrogen and oxygen atoms in total. The van der Waals surface area contributed by atoms with Crippen LogP contribution in [0, 0.1) is 5.41 Å². The van der Waals surface area contributed by atoms with Gasteiger partial charge in [-0.25, -0.2) is 9.97 Å². The normalized spacial score (nSPS) is 11.2. The Kier molecular flexibility index (Phi) is 3.39. The van der Waals surface area contributed by atoms with E-state index >= 15 is 0 Å². The van der Waals surface area contributed by atoms with Gasteiger partial charge in [-0.05, 0) is 6.42 Å². The van der Waals surface area contributed by atoms with Crippen LogP contribution < -0.4 is 4.74 Å². The van der Waals surface area contributed by atoms with E-state index in [1.54, 1.807) is 0 Å². The first-order chi connectivity index (χ1) is 7.03. The van der Waals surface area contributed by atoms with Crippen LogP contribution in [0.4, 0.5) is 0 Å². The van der Waals surface area contributed by atoms with Crippen LogP contribution in [0.3, 0.4) is 0 Å². The number of ether oxygens (including phenoxy) is 1. The molecule has 0 unspecified atom stereocenters. The molecule has 1 aromatic rings. The highest BCUT2D eigenvalue weighted by Crippen LogP contribution is 2.27. The quantitative estimate of drug-likeness (QED) is 0.711. The highest BCUT2D eigenvalue weighted by Gasteiger charge is 2.30. The summed E-state index contributed by atoms with van der Waals surface area (Å²) in [5.74, 6) is 0.263. The van der Waals surface area contributed by atoms with Gasteiger partial charge in [-0.1, -0.05) is 20.8 Å². The van der Waals surface area contributed by atoms with E-state index in [-0.39, 0.29) is 5.78 Å². The summed E-state index contributed by atoms with van der Waals surface area (Å²) < 4.78 is 5.01. The average Bonchev–Trinajstić information content (AvgIpc) is 2.28. The predicted molar refractivity (Wildman–Crippen MR) is 57.0 cm³/mol. The molecule has 1 aromatic heterocycles. The van der Waals surface area contributed by atoms with E-state index in [4.69, 9.17) is 4.74 Å². The minimum absolute atomic E-state index is 0.0325. The SMILES string of the molecule is CCC(C)(C)C(=O)c1nccnc1OC. The zero-order valence-corrected chi connectivity index (χ0v) is 9.57. The Bertz CT molecular complexity index is 361. The van der Waals surface area contributed by atoms with Crippen molar-refractivity contribution in [1.29, 1.82) is 0 Å². The lowest BCUT2D eigenvalue weighted by Crippen LogP contribution is -2.25. The van der Waals surface area contributed by atoms with E-state index in [1.807, 2.05) is 20.8 Å². The molecule has 0 amide bonds. The third-order valence-electron chi connectivity index (χ3n) is 2.57. The number of ketones is 1. The second-order valence-corrected chi connectivity index (χ2v) is 3.98. The van der Waals surface area contributed by atoms with E-state index in [0.717, 1.165) is 6.42 Å². The standard InChI is InChI=1S/C11H16N2O2/c1-5-11(2,3)9(14)8-10(15-4)13-7-6-12-8/h6-7H,5H2,1-4H3. The second kappa shape index (κ2) is 4.38. The van der Waals surface area contributed by atoms with Gasteiger partial charge in [0.2, 0.25) is 5.88 Å². The first-order valence-corrected chi connectivity index (χ1v) is 4.92. The van der Waals surface area contributed by atoms with E-state index in [9.17, 15) is 4.79 Å². The molecule has 15 heavy (non-hydrogen) atoms. The molecule has 0 radical (unpaired) electrons. The van der Waals surface area contributed by atoms with Crippen LogP contribution in [0.25, 0.3) is 0 Å². The minimum Gasteiger partial charge on any atom is -0.479 e. The fraction of sp³-hybridized carbons (Fsp3) is 0.545. The second-order valence-electron chi connectivity index (χ2n) is 3.98. The highest BCUT2D eigenvalue weighted by molar-refractivity contribution is 6.00. The molecule has 1 heterocycles. The molecule has 0 saturated carbocycles. The third-order valence-corrected chi connectivity index (χ3v) is 2.57. The van der Waals surface area contributed by atoms with Crippen molar-refractivity contribution in [2.24, 2.45) is 5.41 Å². The lowest BCUT2D eigenvalue weighted by Gasteiger charge is -2.20. The summed E-state index contributed by atoms with van der Waals surface area (Å²) in [4.78, 5) is 20.1. The summed E-state index contributed by atoms with van der Waals surface area (Å²) in [6.07, 6.45) is 3.77. The van der Waals surface area contributed by atoms with Gasteiger partial charge in [-0.2, -0.15) is 0 Å². The highest BCUT2D eigenvalue weighted by atomic mass is 16.5. The Hall–Kier alpha value is -1.45. The van der Waals surface area contributed by atoms with E-state index in [0.29, 0.717) is 11.6 Å². The number of carbonyl (C=O) groups excluding carboxylic acids is 1. The zero-order chi connectivity index (χ0) is 11.5. The maximum atomic E-state index is 12.1. The summed E-state index contributed by atoms with van der Waals surface area (Å²) in [6.45, 7) is 5.76. The van der Waals surface area contributed by atoms with Crippen LogP contribution in [0.1, 0.15) is 37.7 Å². The topological polar surface area (TPSA) is 52.1 Å². The zero-order valence-electron chi connectivity index (χ0n) is 9.57. The van der Waals surface area contributed by atoms with Gasteiger partial charge < -0.3 is 4.74 Å². The molecule has 1 rings (SSSR count). The Balaban J connectivity index is 3.11. The predicted octanol–water partition coefficient (Wildman–Crippen LogP) is 2.10. The van der Waals surface area contributed by atoms with Crippen molar-refractivity contribution in [3.8, 4) is 5.88 Å². The Morgan fingerprint density at radius 3 is 2.53 bits per heavy atom. The van der Waals surface area contributed by atoms with Crippen LogP contribution in [0.5, 0.6) is 5.88 Å².